The molecule has 0 aromatic rings. The molecule has 0 saturated carbocycles. The van der Waals surface area contributed by atoms with Crippen molar-refractivity contribution in [2.24, 2.45) is 17.2 Å². The van der Waals surface area contributed by atoms with Gasteiger partial charge >= 0.3 is 29.8 Å². The molecule has 0 aliphatic carbocycles. The van der Waals surface area contributed by atoms with Gasteiger partial charge in [-0.1, -0.05) is 67.4 Å². The van der Waals surface area contributed by atoms with E-state index in [9.17, 15) is 24.0 Å². The Balaban J connectivity index is -0.0000000526. The molecule has 66 heavy (non-hydrogen) atoms. The van der Waals surface area contributed by atoms with Crippen molar-refractivity contribution in [1.29, 1.82) is 0 Å². The van der Waals surface area contributed by atoms with Crippen molar-refractivity contribution in [3.63, 3.8) is 0 Å². The average Bonchev–Trinajstić information content (AvgIpc) is 3.32. The SMILES string of the molecule is C.C.C.C=CC(=O)OCOCCOCCC.CC.CC#COOC(=O)CCNC.CC#COOC(=O)CCNC.CC#COOC(=O)CCNC.CN.CN.CN.CNCCC(=O)OOC. The summed E-state index contributed by atoms with van der Waals surface area (Å²) in [5, 5.41) is 11.2. The molecule has 396 valence electrons. The maximum atomic E-state index is 10.6. The van der Waals surface area contributed by atoms with Crippen molar-refractivity contribution in [1.82, 2.24) is 21.3 Å². The van der Waals surface area contributed by atoms with Crippen LogP contribution in [0.25, 0.3) is 0 Å². The summed E-state index contributed by atoms with van der Waals surface area (Å²) < 4.78 is 14.6. The molecule has 0 aliphatic rings. The van der Waals surface area contributed by atoms with Crippen LogP contribution in [0.3, 0.4) is 0 Å². The van der Waals surface area contributed by atoms with E-state index in [-0.39, 0.29) is 54.3 Å². The van der Waals surface area contributed by atoms with Crippen LogP contribution < -0.4 is 38.5 Å². The molecular formula is C43H93N7O16. The van der Waals surface area contributed by atoms with Crippen LogP contribution in [0.5, 0.6) is 0 Å². The zero-order valence-electron chi connectivity index (χ0n) is 40.2. The number of ether oxygens (including phenoxy) is 3. The number of carbonyl (C=O) groups excluding carboxylic acids is 5. The molecule has 0 heterocycles. The van der Waals surface area contributed by atoms with Crippen molar-refractivity contribution in [3.05, 3.63) is 12.7 Å². The van der Waals surface area contributed by atoms with Crippen LogP contribution in [-0.4, -0.2) is 139 Å². The van der Waals surface area contributed by atoms with Crippen molar-refractivity contribution in [2.45, 2.75) is 95.9 Å². The lowest BCUT2D eigenvalue weighted by Crippen LogP contribution is -2.14. The van der Waals surface area contributed by atoms with Gasteiger partial charge in [0, 0.05) is 59.6 Å². The van der Waals surface area contributed by atoms with Gasteiger partial charge < -0.3 is 52.7 Å². The molecule has 0 aliphatic heterocycles. The molecule has 0 spiro atoms. The summed E-state index contributed by atoms with van der Waals surface area (Å²) in [7, 11) is 12.8. The van der Waals surface area contributed by atoms with Gasteiger partial charge in [0.05, 0.1) is 46.0 Å². The largest absolute Gasteiger partial charge is 0.435 e. The number of hydrogen-bond donors (Lipinski definition) is 7. The Hall–Kier alpha value is -5.23. The topological polar surface area (TPSA) is 313 Å². The van der Waals surface area contributed by atoms with Gasteiger partial charge in [0.25, 0.3) is 0 Å². The van der Waals surface area contributed by atoms with E-state index in [1.54, 1.807) is 49.0 Å². The molecule has 0 saturated heterocycles. The zero-order chi connectivity index (χ0) is 50.6. The van der Waals surface area contributed by atoms with E-state index in [0.29, 0.717) is 45.8 Å². The number of nitrogens with one attached hydrogen (secondary N) is 4. The van der Waals surface area contributed by atoms with E-state index in [1.165, 1.54) is 28.3 Å². The lowest BCUT2D eigenvalue weighted by Gasteiger charge is -2.04. The highest BCUT2D eigenvalue weighted by atomic mass is 17.2. The molecular weight excluding hydrogens is 871 g/mol. The third-order valence-corrected chi connectivity index (χ3v) is 4.50. The van der Waals surface area contributed by atoms with Gasteiger partial charge in [0.2, 0.25) is 0 Å². The molecule has 0 atom stereocenters. The zero-order valence-corrected chi connectivity index (χ0v) is 40.2. The summed E-state index contributed by atoms with van der Waals surface area (Å²) in [6.45, 7) is 18.0. The first-order valence-electron chi connectivity index (χ1n) is 19.4. The predicted octanol–water partition coefficient (Wildman–Crippen LogP) is 2.63. The van der Waals surface area contributed by atoms with E-state index in [0.717, 1.165) is 19.1 Å². The van der Waals surface area contributed by atoms with Crippen LogP contribution in [0.15, 0.2) is 12.7 Å². The molecule has 0 aromatic heterocycles. The van der Waals surface area contributed by atoms with Gasteiger partial charge in [-0.25, -0.2) is 53.3 Å². The van der Waals surface area contributed by atoms with Gasteiger partial charge in [0.1, 0.15) is 0 Å². The fourth-order valence-electron chi connectivity index (χ4n) is 2.08. The third kappa shape index (κ3) is 124. The summed E-state index contributed by atoms with van der Waals surface area (Å²) in [6.07, 6.45) is 9.69. The van der Waals surface area contributed by atoms with Crippen LogP contribution in [0.1, 0.15) is 95.9 Å². The quantitative estimate of drug-likeness (QED) is 0.0139. The smallest absolute Gasteiger partial charge is 0.357 e. The van der Waals surface area contributed by atoms with Gasteiger partial charge in [0.15, 0.2) is 25.1 Å². The molecule has 10 N–H and O–H groups in total. The van der Waals surface area contributed by atoms with Crippen molar-refractivity contribution < 1.29 is 77.3 Å². The van der Waals surface area contributed by atoms with E-state index in [2.05, 4.69) is 125 Å². The van der Waals surface area contributed by atoms with E-state index < -0.39 is 23.9 Å². The Morgan fingerprint density at radius 1 is 0.530 bits per heavy atom. The van der Waals surface area contributed by atoms with Crippen LogP contribution >= 0.6 is 0 Å². The lowest BCUT2D eigenvalue weighted by atomic mass is 10.4. The van der Waals surface area contributed by atoms with Gasteiger partial charge in [-0.3, -0.25) is 4.89 Å². The van der Waals surface area contributed by atoms with Crippen LogP contribution in [0.2, 0.25) is 0 Å². The lowest BCUT2D eigenvalue weighted by molar-refractivity contribution is -0.254. The highest BCUT2D eigenvalue weighted by molar-refractivity contribution is 5.81. The number of hydrogen-bond acceptors (Lipinski definition) is 23. The second kappa shape index (κ2) is 103. The van der Waals surface area contributed by atoms with Crippen molar-refractivity contribution >= 4 is 29.8 Å². The minimum absolute atomic E-state index is 0. The van der Waals surface area contributed by atoms with Gasteiger partial charge in [-0.15, -0.1) is 0 Å². The van der Waals surface area contributed by atoms with E-state index in [4.69, 9.17) is 9.47 Å². The highest BCUT2D eigenvalue weighted by Gasteiger charge is 2.03. The standard InChI is InChI=1S/C9H16O4.3C7H11NO3.C5H11NO3.C2H6.3CH5N.3CH4/c1-3-5-11-6-7-12-8-13-9(10)4-2;3*1-3-6-10-11-7(9)4-5-8-2;1-6-4-3-5(7)9-8-2;4*1-2;;;/h4H,2-3,5-8H2,1H3;3*8H,4-5H2,1-2H3;6H,3-4H2,1-2H3;1-2H3;3*2H2,1H3;3*1H4. The molecule has 0 unspecified atom stereocenters. The maximum absolute atomic E-state index is 10.6. The fourth-order valence-corrected chi connectivity index (χ4v) is 2.08. The summed E-state index contributed by atoms with van der Waals surface area (Å²) >= 11 is 0. The number of esters is 1. The molecule has 0 amide bonds. The minimum Gasteiger partial charge on any atom is -0.435 e. The Kier molecular flexibility index (Phi) is 142. The Labute approximate surface area is 398 Å². The van der Waals surface area contributed by atoms with Crippen LogP contribution in [0, 0.1) is 36.1 Å². The molecule has 0 rings (SSSR count). The molecule has 23 heteroatoms. The number of nitrogens with two attached hydrogens (primary N) is 3. The highest BCUT2D eigenvalue weighted by Crippen LogP contribution is 1.87. The van der Waals surface area contributed by atoms with Crippen molar-refractivity contribution in [3.8, 4) is 36.1 Å². The second-order valence-electron chi connectivity index (χ2n) is 9.01. The number of rotatable bonds is 24. The first-order chi connectivity index (χ1) is 30.5. The minimum atomic E-state index is -0.477. The molecule has 23 nitrogen and oxygen atoms in total. The van der Waals surface area contributed by atoms with Crippen molar-refractivity contribution in [2.75, 3.05) is 109 Å². The Morgan fingerprint density at radius 2 is 0.818 bits per heavy atom. The Bertz CT molecular complexity index is 1060. The summed E-state index contributed by atoms with van der Waals surface area (Å²) in [6, 6.07) is 0. The third-order valence-electron chi connectivity index (χ3n) is 4.50. The summed E-state index contributed by atoms with van der Waals surface area (Å²) in [5.74, 6) is 5.12. The first kappa shape index (κ1) is 91.3. The van der Waals surface area contributed by atoms with E-state index >= 15 is 0 Å². The monoisotopic (exact) mass is 964 g/mol. The molecule has 0 radical (unpaired) electrons. The Morgan fingerprint density at radius 3 is 1.06 bits per heavy atom. The summed E-state index contributed by atoms with van der Waals surface area (Å²) in [5.41, 5.74) is 13.5. The van der Waals surface area contributed by atoms with Gasteiger partial charge in [-0.05, 0) is 55.8 Å². The summed E-state index contributed by atoms with van der Waals surface area (Å²) in [4.78, 5) is 86.4. The fraction of sp³-hybridized carbons (Fsp3) is 0.698. The van der Waals surface area contributed by atoms with Crippen LogP contribution in [0.4, 0.5) is 0 Å². The normalized spacial score (nSPS) is 7.41. The molecule has 0 fully saturated rings. The average molecular weight is 964 g/mol. The van der Waals surface area contributed by atoms with Crippen LogP contribution in [-0.2, 0) is 77.3 Å². The number of carbonyl (C=O) groups is 5. The van der Waals surface area contributed by atoms with E-state index in [1.807, 2.05) is 20.8 Å². The predicted molar refractivity (Wildman–Crippen MR) is 259 cm³/mol. The van der Waals surface area contributed by atoms with Gasteiger partial charge in [-0.2, -0.15) is 4.89 Å². The molecule has 0 aromatic carbocycles. The molecule has 0 bridgehead atoms. The second-order valence-corrected chi connectivity index (χ2v) is 9.01. The maximum Gasteiger partial charge on any atom is 0.357 e. The first-order valence-corrected chi connectivity index (χ1v) is 19.4.